The summed E-state index contributed by atoms with van der Waals surface area (Å²) in [7, 11) is 0. The molecule has 0 aliphatic rings. The summed E-state index contributed by atoms with van der Waals surface area (Å²) in [4.78, 5) is 23.6. The molecular weight excluding hydrogens is 394 g/mol. The van der Waals surface area contributed by atoms with Gasteiger partial charge in [-0.05, 0) is 43.0 Å². The highest BCUT2D eigenvalue weighted by molar-refractivity contribution is 9.10. The van der Waals surface area contributed by atoms with Crippen molar-refractivity contribution in [2.45, 2.75) is 25.8 Å². The van der Waals surface area contributed by atoms with Gasteiger partial charge in [-0.15, -0.1) is 0 Å². The minimum absolute atomic E-state index is 0.0113. The second-order valence-electron chi connectivity index (χ2n) is 5.96. The van der Waals surface area contributed by atoms with Crippen molar-refractivity contribution in [3.05, 3.63) is 76.3 Å². The molecular formula is C21H22BrNO3. The Bertz CT molecular complexity index is 759. The number of nitrogens with one attached hydrogen (secondary N) is 1. The highest BCUT2D eigenvalue weighted by Gasteiger charge is 2.09. The third-order valence-electron chi connectivity index (χ3n) is 3.77. The average Bonchev–Trinajstić information content (AvgIpc) is 2.65. The van der Waals surface area contributed by atoms with Crippen molar-refractivity contribution in [1.82, 2.24) is 5.32 Å². The van der Waals surface area contributed by atoms with Crippen LogP contribution in [0.1, 0.15) is 24.5 Å². The predicted octanol–water partition coefficient (Wildman–Crippen LogP) is 4.14. The lowest BCUT2D eigenvalue weighted by Crippen LogP contribution is -2.36. The molecule has 0 aliphatic carbocycles. The molecule has 0 aliphatic heterocycles. The van der Waals surface area contributed by atoms with Gasteiger partial charge in [0.25, 0.3) is 5.91 Å². The minimum Gasteiger partial charge on any atom is -0.452 e. The zero-order valence-electron chi connectivity index (χ0n) is 14.7. The van der Waals surface area contributed by atoms with E-state index in [0.717, 1.165) is 22.9 Å². The first-order valence-electron chi connectivity index (χ1n) is 8.47. The van der Waals surface area contributed by atoms with Gasteiger partial charge >= 0.3 is 5.97 Å². The maximum Gasteiger partial charge on any atom is 0.331 e. The van der Waals surface area contributed by atoms with Crippen LogP contribution in [-0.2, 0) is 20.7 Å². The molecule has 0 saturated heterocycles. The van der Waals surface area contributed by atoms with Gasteiger partial charge in [-0.3, -0.25) is 4.79 Å². The lowest BCUT2D eigenvalue weighted by molar-refractivity contribution is -0.144. The maximum atomic E-state index is 11.9. The largest absolute Gasteiger partial charge is 0.452 e. The number of amides is 1. The van der Waals surface area contributed by atoms with Gasteiger partial charge < -0.3 is 10.1 Å². The van der Waals surface area contributed by atoms with Crippen molar-refractivity contribution in [2.24, 2.45) is 0 Å². The number of halogens is 1. The second-order valence-corrected chi connectivity index (χ2v) is 6.81. The SMILES string of the molecule is C[C@H](CCc1ccccc1)NC(=O)COC(=O)/C=C/c1ccccc1Br. The Hall–Kier alpha value is -2.40. The number of carbonyl (C=O) groups excluding carboxylic acids is 2. The second kappa shape index (κ2) is 10.6. The van der Waals surface area contributed by atoms with E-state index < -0.39 is 5.97 Å². The summed E-state index contributed by atoms with van der Waals surface area (Å²) in [5, 5.41) is 2.84. The molecule has 0 aromatic heterocycles. The molecule has 0 bridgehead atoms. The number of ether oxygens (including phenoxy) is 1. The number of benzene rings is 2. The van der Waals surface area contributed by atoms with E-state index in [-0.39, 0.29) is 18.6 Å². The molecule has 136 valence electrons. The summed E-state index contributed by atoms with van der Waals surface area (Å²) in [6.45, 7) is 1.66. The Morgan fingerprint density at radius 3 is 2.54 bits per heavy atom. The standard InChI is InChI=1S/C21H22BrNO3/c1-16(11-12-17-7-3-2-4-8-17)23-20(24)15-26-21(25)14-13-18-9-5-6-10-19(18)22/h2-10,13-14,16H,11-12,15H2,1H3,(H,23,24)/b14-13+/t16-/m1/s1. The van der Waals surface area contributed by atoms with E-state index in [4.69, 9.17) is 4.74 Å². The highest BCUT2D eigenvalue weighted by Crippen LogP contribution is 2.17. The highest BCUT2D eigenvalue weighted by atomic mass is 79.9. The van der Waals surface area contributed by atoms with Crippen molar-refractivity contribution in [3.8, 4) is 0 Å². The van der Waals surface area contributed by atoms with E-state index in [1.807, 2.05) is 49.4 Å². The van der Waals surface area contributed by atoms with E-state index in [0.29, 0.717) is 0 Å². The Labute approximate surface area is 162 Å². The number of rotatable bonds is 8. The van der Waals surface area contributed by atoms with Crippen LogP contribution in [0.15, 0.2) is 65.1 Å². The van der Waals surface area contributed by atoms with Crippen molar-refractivity contribution in [2.75, 3.05) is 6.61 Å². The normalized spacial score (nSPS) is 11.9. The van der Waals surface area contributed by atoms with Crippen molar-refractivity contribution in [1.29, 1.82) is 0 Å². The molecule has 0 saturated carbocycles. The molecule has 0 spiro atoms. The number of hydrogen-bond acceptors (Lipinski definition) is 3. The Balaban J connectivity index is 1.69. The van der Waals surface area contributed by atoms with E-state index in [2.05, 4.69) is 33.4 Å². The number of aryl methyl sites for hydroxylation is 1. The van der Waals surface area contributed by atoms with Crippen LogP contribution in [-0.4, -0.2) is 24.5 Å². The number of esters is 1. The number of carbonyl (C=O) groups is 2. The van der Waals surface area contributed by atoms with E-state index in [1.165, 1.54) is 11.6 Å². The van der Waals surface area contributed by atoms with Crippen LogP contribution in [0.5, 0.6) is 0 Å². The van der Waals surface area contributed by atoms with Crippen molar-refractivity contribution >= 4 is 33.9 Å². The van der Waals surface area contributed by atoms with Crippen molar-refractivity contribution < 1.29 is 14.3 Å². The summed E-state index contributed by atoms with van der Waals surface area (Å²) < 4.78 is 5.86. The first-order valence-corrected chi connectivity index (χ1v) is 9.26. The van der Waals surface area contributed by atoms with Crippen LogP contribution < -0.4 is 5.32 Å². The van der Waals surface area contributed by atoms with E-state index in [1.54, 1.807) is 6.08 Å². The fourth-order valence-electron chi connectivity index (χ4n) is 2.37. The third-order valence-corrected chi connectivity index (χ3v) is 4.49. The van der Waals surface area contributed by atoms with Crippen molar-refractivity contribution in [3.63, 3.8) is 0 Å². The molecule has 2 aromatic rings. The molecule has 1 amide bonds. The summed E-state index contributed by atoms with van der Waals surface area (Å²) in [6.07, 6.45) is 4.67. The summed E-state index contributed by atoms with van der Waals surface area (Å²) in [5.41, 5.74) is 2.10. The van der Waals surface area contributed by atoms with Crippen LogP contribution in [0.2, 0.25) is 0 Å². The smallest absolute Gasteiger partial charge is 0.331 e. The van der Waals surface area contributed by atoms with Crippen LogP contribution >= 0.6 is 15.9 Å². The van der Waals surface area contributed by atoms with Crippen LogP contribution in [0.3, 0.4) is 0 Å². The lowest BCUT2D eigenvalue weighted by Gasteiger charge is -2.13. The predicted molar refractivity (Wildman–Crippen MR) is 107 cm³/mol. The van der Waals surface area contributed by atoms with Crippen LogP contribution in [0.4, 0.5) is 0 Å². The van der Waals surface area contributed by atoms with E-state index in [9.17, 15) is 9.59 Å². The fraction of sp³-hybridized carbons (Fsp3) is 0.238. The molecule has 2 rings (SSSR count). The molecule has 0 fully saturated rings. The van der Waals surface area contributed by atoms with Gasteiger partial charge in [-0.1, -0.05) is 64.5 Å². The van der Waals surface area contributed by atoms with E-state index >= 15 is 0 Å². The van der Waals surface area contributed by atoms with Gasteiger partial charge in [0.05, 0.1) is 0 Å². The van der Waals surface area contributed by atoms with Gasteiger partial charge in [0.15, 0.2) is 6.61 Å². The zero-order chi connectivity index (χ0) is 18.8. The molecule has 5 heteroatoms. The fourth-order valence-corrected chi connectivity index (χ4v) is 2.79. The zero-order valence-corrected chi connectivity index (χ0v) is 16.2. The minimum atomic E-state index is -0.548. The summed E-state index contributed by atoms with van der Waals surface area (Å²) >= 11 is 3.40. The van der Waals surface area contributed by atoms with Gasteiger partial charge in [0, 0.05) is 16.6 Å². The molecule has 2 aromatic carbocycles. The van der Waals surface area contributed by atoms with Gasteiger partial charge in [-0.25, -0.2) is 4.79 Å². The topological polar surface area (TPSA) is 55.4 Å². The summed E-state index contributed by atoms with van der Waals surface area (Å²) in [5.74, 6) is -0.846. The maximum absolute atomic E-state index is 11.9. The molecule has 0 unspecified atom stereocenters. The Morgan fingerprint density at radius 2 is 1.81 bits per heavy atom. The van der Waals surface area contributed by atoms with Gasteiger partial charge in [-0.2, -0.15) is 0 Å². The quantitative estimate of drug-likeness (QED) is 0.520. The summed E-state index contributed by atoms with van der Waals surface area (Å²) in [6, 6.07) is 17.6. The Kier molecular flexibility index (Phi) is 8.09. The lowest BCUT2D eigenvalue weighted by atomic mass is 10.1. The molecule has 0 heterocycles. The Morgan fingerprint density at radius 1 is 1.12 bits per heavy atom. The molecule has 1 N–H and O–H groups in total. The molecule has 1 atom stereocenters. The molecule has 0 radical (unpaired) electrons. The monoisotopic (exact) mass is 415 g/mol. The molecule has 4 nitrogen and oxygen atoms in total. The average molecular weight is 416 g/mol. The van der Waals surface area contributed by atoms with Crippen LogP contribution in [0, 0.1) is 0 Å². The van der Waals surface area contributed by atoms with Crippen LogP contribution in [0.25, 0.3) is 6.08 Å². The molecule has 26 heavy (non-hydrogen) atoms. The first-order chi connectivity index (χ1) is 12.5. The number of hydrogen-bond donors (Lipinski definition) is 1. The third kappa shape index (κ3) is 7.23. The van der Waals surface area contributed by atoms with Gasteiger partial charge in [0.2, 0.25) is 0 Å². The van der Waals surface area contributed by atoms with Gasteiger partial charge in [0.1, 0.15) is 0 Å². The first kappa shape index (κ1) is 19.9.